The highest BCUT2D eigenvalue weighted by molar-refractivity contribution is 6.09. The Morgan fingerprint density at radius 2 is 1.17 bits per heavy atom. The predicted molar refractivity (Wildman–Crippen MR) is 117 cm³/mol. The highest BCUT2D eigenvalue weighted by atomic mass is 16.5. The van der Waals surface area contributed by atoms with Crippen LogP contribution in [0.4, 0.5) is 0 Å². The molecule has 0 saturated heterocycles. The van der Waals surface area contributed by atoms with Gasteiger partial charge in [0.2, 0.25) is 0 Å². The maximum atomic E-state index is 12.7. The topological polar surface area (TPSA) is 35.5 Å². The van der Waals surface area contributed by atoms with Crippen molar-refractivity contribution in [3.63, 3.8) is 0 Å². The minimum absolute atomic E-state index is 0.0226. The Morgan fingerprint density at radius 1 is 0.724 bits per heavy atom. The fraction of sp³-hybridized carbons (Fsp3) is 0.269. The van der Waals surface area contributed by atoms with Gasteiger partial charge in [0.25, 0.3) is 0 Å². The van der Waals surface area contributed by atoms with Gasteiger partial charge in [0, 0.05) is 11.1 Å². The van der Waals surface area contributed by atoms with Gasteiger partial charge in [-0.2, -0.15) is 0 Å². The van der Waals surface area contributed by atoms with E-state index in [0.717, 1.165) is 17.9 Å². The molecule has 0 aliphatic rings. The van der Waals surface area contributed by atoms with Crippen LogP contribution in [0.25, 0.3) is 0 Å². The lowest BCUT2D eigenvalue weighted by Crippen LogP contribution is -2.06. The van der Waals surface area contributed by atoms with Gasteiger partial charge in [0.15, 0.2) is 5.78 Å². The molecule has 0 saturated carbocycles. The molecule has 0 fully saturated rings. The zero-order chi connectivity index (χ0) is 20.8. The van der Waals surface area contributed by atoms with Crippen LogP contribution in [-0.4, -0.2) is 11.9 Å². The van der Waals surface area contributed by atoms with Crippen LogP contribution in [0.3, 0.4) is 0 Å². The Kier molecular flexibility index (Phi) is 6.71. The highest BCUT2D eigenvalue weighted by Gasteiger charge is 2.10. The lowest BCUT2D eigenvalue weighted by Gasteiger charge is -2.11. The molecule has 3 aromatic rings. The largest absolute Gasteiger partial charge is 0.491 e. The second-order valence-electron chi connectivity index (χ2n) is 7.52. The maximum absolute atomic E-state index is 12.7. The van der Waals surface area contributed by atoms with E-state index in [9.17, 15) is 4.79 Å². The SMILES string of the molecule is CCC(C)c1ccc(Oc2ccc(C(=O)c3ccc(OC(C)C)cc3)cc2)cc1. The maximum Gasteiger partial charge on any atom is 0.193 e. The molecule has 0 spiro atoms. The monoisotopic (exact) mass is 388 g/mol. The summed E-state index contributed by atoms with van der Waals surface area (Å²) in [5, 5.41) is 0. The lowest BCUT2D eigenvalue weighted by atomic mass is 9.99. The molecule has 0 aliphatic carbocycles. The van der Waals surface area contributed by atoms with E-state index in [0.29, 0.717) is 22.8 Å². The summed E-state index contributed by atoms with van der Waals surface area (Å²) in [6.45, 7) is 8.35. The van der Waals surface area contributed by atoms with Crippen LogP contribution in [0.5, 0.6) is 17.2 Å². The highest BCUT2D eigenvalue weighted by Crippen LogP contribution is 2.26. The van der Waals surface area contributed by atoms with Crippen molar-refractivity contribution in [1.29, 1.82) is 0 Å². The van der Waals surface area contributed by atoms with Gasteiger partial charge >= 0.3 is 0 Å². The Hall–Kier alpha value is -3.07. The standard InChI is InChI=1S/C26H28O3/c1-5-19(4)20-6-12-24(13-7-20)29-25-16-10-22(11-17-25)26(27)21-8-14-23(15-9-21)28-18(2)3/h6-19H,5H2,1-4H3. The minimum Gasteiger partial charge on any atom is -0.491 e. The Bertz CT molecular complexity index is 923. The van der Waals surface area contributed by atoms with Crippen LogP contribution in [0.15, 0.2) is 72.8 Å². The van der Waals surface area contributed by atoms with E-state index in [4.69, 9.17) is 9.47 Å². The molecule has 3 nitrogen and oxygen atoms in total. The van der Waals surface area contributed by atoms with Crippen molar-refractivity contribution in [2.24, 2.45) is 0 Å². The van der Waals surface area contributed by atoms with Crippen molar-refractivity contribution in [2.45, 2.75) is 46.1 Å². The summed E-state index contributed by atoms with van der Waals surface area (Å²) < 4.78 is 11.5. The van der Waals surface area contributed by atoms with Gasteiger partial charge in [-0.15, -0.1) is 0 Å². The third kappa shape index (κ3) is 5.47. The minimum atomic E-state index is -0.0226. The van der Waals surface area contributed by atoms with E-state index in [1.54, 1.807) is 24.3 Å². The van der Waals surface area contributed by atoms with E-state index < -0.39 is 0 Å². The first kappa shape index (κ1) is 20.7. The van der Waals surface area contributed by atoms with Crippen molar-refractivity contribution in [3.05, 3.63) is 89.5 Å². The molecule has 0 aliphatic heterocycles. The third-order valence-corrected chi connectivity index (χ3v) is 4.90. The molecule has 0 radical (unpaired) electrons. The Labute approximate surface area is 173 Å². The van der Waals surface area contributed by atoms with Crippen molar-refractivity contribution in [1.82, 2.24) is 0 Å². The van der Waals surface area contributed by atoms with Gasteiger partial charge in [-0.25, -0.2) is 0 Å². The molecule has 0 N–H and O–H groups in total. The molecular weight excluding hydrogens is 360 g/mol. The number of hydrogen-bond acceptors (Lipinski definition) is 3. The molecule has 0 bridgehead atoms. The normalized spacial score (nSPS) is 11.9. The van der Waals surface area contributed by atoms with Crippen molar-refractivity contribution < 1.29 is 14.3 Å². The summed E-state index contributed by atoms with van der Waals surface area (Å²) in [5.74, 6) is 2.78. The number of benzene rings is 3. The number of ether oxygens (including phenoxy) is 2. The van der Waals surface area contributed by atoms with E-state index in [1.165, 1.54) is 5.56 Å². The molecule has 3 heteroatoms. The van der Waals surface area contributed by atoms with E-state index in [-0.39, 0.29) is 11.9 Å². The van der Waals surface area contributed by atoms with Gasteiger partial charge in [-0.1, -0.05) is 26.0 Å². The van der Waals surface area contributed by atoms with Gasteiger partial charge in [0.05, 0.1) is 6.10 Å². The molecular formula is C26H28O3. The second kappa shape index (κ2) is 9.42. The summed E-state index contributed by atoms with van der Waals surface area (Å²) in [6.07, 6.45) is 1.22. The Morgan fingerprint density at radius 3 is 1.62 bits per heavy atom. The lowest BCUT2D eigenvalue weighted by molar-refractivity contribution is 0.103. The quantitative estimate of drug-likeness (QED) is 0.389. The number of ketones is 1. The second-order valence-corrected chi connectivity index (χ2v) is 7.52. The zero-order valence-electron chi connectivity index (χ0n) is 17.5. The number of carbonyl (C=O) groups is 1. The average molecular weight is 389 g/mol. The summed E-state index contributed by atoms with van der Waals surface area (Å²) in [4.78, 5) is 12.7. The zero-order valence-corrected chi connectivity index (χ0v) is 17.5. The third-order valence-electron chi connectivity index (χ3n) is 4.90. The first-order valence-corrected chi connectivity index (χ1v) is 10.2. The molecule has 150 valence electrons. The van der Waals surface area contributed by atoms with Crippen LogP contribution in [0, 0.1) is 0 Å². The number of rotatable bonds is 8. The fourth-order valence-corrected chi connectivity index (χ4v) is 3.03. The van der Waals surface area contributed by atoms with Crippen LogP contribution >= 0.6 is 0 Å². The Balaban J connectivity index is 1.65. The summed E-state index contributed by atoms with van der Waals surface area (Å²) in [5.41, 5.74) is 2.57. The summed E-state index contributed by atoms with van der Waals surface area (Å²) >= 11 is 0. The van der Waals surface area contributed by atoms with Gasteiger partial charge in [0.1, 0.15) is 17.2 Å². The molecule has 0 amide bonds. The van der Waals surface area contributed by atoms with Crippen molar-refractivity contribution in [2.75, 3.05) is 0 Å². The number of hydrogen-bond donors (Lipinski definition) is 0. The number of carbonyl (C=O) groups excluding carboxylic acids is 1. The van der Waals surface area contributed by atoms with Crippen LogP contribution < -0.4 is 9.47 Å². The molecule has 3 rings (SSSR count). The molecule has 29 heavy (non-hydrogen) atoms. The van der Waals surface area contributed by atoms with Gasteiger partial charge in [-0.3, -0.25) is 4.79 Å². The van der Waals surface area contributed by atoms with Crippen molar-refractivity contribution in [3.8, 4) is 17.2 Å². The van der Waals surface area contributed by atoms with Crippen LogP contribution in [-0.2, 0) is 0 Å². The first-order valence-electron chi connectivity index (χ1n) is 10.2. The van der Waals surface area contributed by atoms with E-state index in [1.807, 2.05) is 50.2 Å². The fourth-order valence-electron chi connectivity index (χ4n) is 3.03. The van der Waals surface area contributed by atoms with Gasteiger partial charge < -0.3 is 9.47 Å². The van der Waals surface area contributed by atoms with Gasteiger partial charge in [-0.05, 0) is 92.4 Å². The molecule has 0 heterocycles. The molecule has 1 unspecified atom stereocenters. The smallest absolute Gasteiger partial charge is 0.193 e. The molecule has 1 atom stereocenters. The first-order chi connectivity index (χ1) is 14.0. The summed E-state index contributed by atoms with van der Waals surface area (Å²) in [6, 6.07) is 22.7. The molecule has 0 aromatic heterocycles. The average Bonchev–Trinajstić information content (AvgIpc) is 2.74. The van der Waals surface area contributed by atoms with E-state index in [2.05, 4.69) is 26.0 Å². The summed E-state index contributed by atoms with van der Waals surface area (Å²) in [7, 11) is 0. The molecule has 3 aromatic carbocycles. The van der Waals surface area contributed by atoms with Crippen LogP contribution in [0.2, 0.25) is 0 Å². The van der Waals surface area contributed by atoms with Crippen molar-refractivity contribution >= 4 is 5.78 Å². The van der Waals surface area contributed by atoms with Crippen LogP contribution in [0.1, 0.15) is 61.5 Å². The van der Waals surface area contributed by atoms with E-state index >= 15 is 0 Å². The predicted octanol–water partition coefficient (Wildman–Crippen LogP) is 7.01.